The monoisotopic (exact) mass is 224 g/mol. The van der Waals surface area contributed by atoms with Crippen molar-refractivity contribution in [1.29, 1.82) is 0 Å². The second-order valence-corrected chi connectivity index (χ2v) is 5.20. The van der Waals surface area contributed by atoms with Gasteiger partial charge in [-0.2, -0.15) is 0 Å². The zero-order valence-electron chi connectivity index (χ0n) is 10.1. The van der Waals surface area contributed by atoms with Crippen LogP contribution in [0.25, 0.3) is 0 Å². The molecular weight excluding hydrogens is 204 g/mol. The van der Waals surface area contributed by atoms with Gasteiger partial charge in [0.2, 0.25) is 11.8 Å². The predicted molar refractivity (Wildman–Crippen MR) is 60.8 cm³/mol. The molecule has 0 bridgehead atoms. The Morgan fingerprint density at radius 2 is 2.12 bits per heavy atom. The van der Waals surface area contributed by atoms with Crippen LogP contribution in [0.1, 0.15) is 46.0 Å². The topological polar surface area (TPSA) is 49.4 Å². The minimum absolute atomic E-state index is 0.0210. The highest BCUT2D eigenvalue weighted by Crippen LogP contribution is 2.32. The summed E-state index contributed by atoms with van der Waals surface area (Å²) in [6.07, 6.45) is 4.62. The predicted octanol–water partition coefficient (Wildman–Crippen LogP) is 1.06. The van der Waals surface area contributed by atoms with Crippen LogP contribution in [0.2, 0.25) is 0 Å². The lowest BCUT2D eigenvalue weighted by atomic mass is 9.78. The first-order valence-corrected chi connectivity index (χ1v) is 6.18. The van der Waals surface area contributed by atoms with Crippen molar-refractivity contribution in [2.75, 3.05) is 6.54 Å². The fourth-order valence-corrected chi connectivity index (χ4v) is 2.53. The van der Waals surface area contributed by atoms with Crippen molar-refractivity contribution in [3.8, 4) is 0 Å². The third-order valence-electron chi connectivity index (χ3n) is 3.67. The molecule has 2 fully saturated rings. The number of carbonyl (C=O) groups excluding carboxylic acids is 2. The first-order valence-electron chi connectivity index (χ1n) is 6.18. The van der Waals surface area contributed by atoms with E-state index in [1.54, 1.807) is 0 Å². The second kappa shape index (κ2) is 4.17. The van der Waals surface area contributed by atoms with Gasteiger partial charge in [0.15, 0.2) is 0 Å². The van der Waals surface area contributed by atoms with Gasteiger partial charge in [-0.1, -0.05) is 6.92 Å². The van der Waals surface area contributed by atoms with Crippen molar-refractivity contribution in [2.24, 2.45) is 0 Å². The Morgan fingerprint density at radius 1 is 1.44 bits per heavy atom. The molecule has 2 rings (SSSR count). The Kier molecular flexibility index (Phi) is 3.02. The Morgan fingerprint density at radius 3 is 2.62 bits per heavy atom. The molecule has 0 aromatic carbocycles. The first kappa shape index (κ1) is 11.6. The summed E-state index contributed by atoms with van der Waals surface area (Å²) in [4.78, 5) is 25.0. The molecule has 2 aliphatic rings. The number of rotatable bonds is 4. The maximum absolute atomic E-state index is 12.0. The van der Waals surface area contributed by atoms with Crippen LogP contribution in [-0.4, -0.2) is 34.8 Å². The number of hydrogen-bond acceptors (Lipinski definition) is 3. The smallest absolute Gasteiger partial charge is 0.246 e. The van der Waals surface area contributed by atoms with E-state index in [-0.39, 0.29) is 23.4 Å². The molecule has 1 heterocycles. The van der Waals surface area contributed by atoms with Gasteiger partial charge in [0, 0.05) is 12.1 Å². The van der Waals surface area contributed by atoms with Crippen LogP contribution in [0.15, 0.2) is 0 Å². The molecular formula is C12H20N2O2. The van der Waals surface area contributed by atoms with Crippen LogP contribution in [0.3, 0.4) is 0 Å². The van der Waals surface area contributed by atoms with E-state index in [0.29, 0.717) is 13.0 Å². The van der Waals surface area contributed by atoms with Crippen molar-refractivity contribution >= 4 is 11.8 Å². The molecule has 4 nitrogen and oxygen atoms in total. The van der Waals surface area contributed by atoms with Gasteiger partial charge in [-0.15, -0.1) is 0 Å². The fraction of sp³-hybridized carbons (Fsp3) is 0.833. The maximum Gasteiger partial charge on any atom is 0.246 e. The molecule has 1 saturated heterocycles. The average molecular weight is 224 g/mol. The molecule has 1 N–H and O–H groups in total. The van der Waals surface area contributed by atoms with E-state index in [4.69, 9.17) is 0 Å². The Bertz CT molecular complexity index is 310. The van der Waals surface area contributed by atoms with E-state index < -0.39 is 0 Å². The summed E-state index contributed by atoms with van der Waals surface area (Å²) in [7, 11) is 0. The third-order valence-corrected chi connectivity index (χ3v) is 3.67. The highest BCUT2D eigenvalue weighted by Gasteiger charge is 2.43. The van der Waals surface area contributed by atoms with Crippen LogP contribution in [0, 0.1) is 0 Å². The summed E-state index contributed by atoms with van der Waals surface area (Å²) >= 11 is 0. The SMILES string of the molecule is CCCN1C(=O)CC(NC2(C)CCC2)C1=O. The molecule has 0 aromatic heterocycles. The average Bonchev–Trinajstić information content (AvgIpc) is 2.44. The molecule has 1 atom stereocenters. The number of nitrogens with one attached hydrogen (secondary N) is 1. The number of likely N-dealkylation sites (tertiary alicyclic amines) is 1. The van der Waals surface area contributed by atoms with Crippen LogP contribution < -0.4 is 5.32 Å². The van der Waals surface area contributed by atoms with Gasteiger partial charge in [-0.05, 0) is 32.6 Å². The quantitative estimate of drug-likeness (QED) is 0.726. The second-order valence-electron chi connectivity index (χ2n) is 5.20. The lowest BCUT2D eigenvalue weighted by Crippen LogP contribution is -2.54. The fourth-order valence-electron chi connectivity index (χ4n) is 2.53. The maximum atomic E-state index is 12.0. The largest absolute Gasteiger partial charge is 0.300 e. The highest BCUT2D eigenvalue weighted by atomic mass is 16.2. The van der Waals surface area contributed by atoms with Gasteiger partial charge < -0.3 is 5.32 Å². The molecule has 4 heteroatoms. The minimum atomic E-state index is -0.274. The molecule has 0 aromatic rings. The van der Waals surface area contributed by atoms with Crippen molar-refractivity contribution in [3.63, 3.8) is 0 Å². The van der Waals surface area contributed by atoms with Crippen molar-refractivity contribution in [1.82, 2.24) is 10.2 Å². The van der Waals surface area contributed by atoms with Gasteiger partial charge in [0.05, 0.1) is 12.5 Å². The number of carbonyl (C=O) groups is 2. The zero-order valence-corrected chi connectivity index (χ0v) is 10.1. The zero-order chi connectivity index (χ0) is 11.8. The Hall–Kier alpha value is -0.900. The first-order chi connectivity index (χ1) is 7.56. The molecule has 1 saturated carbocycles. The molecule has 90 valence electrons. The summed E-state index contributed by atoms with van der Waals surface area (Å²) in [5, 5.41) is 3.35. The lowest BCUT2D eigenvalue weighted by molar-refractivity contribution is -0.139. The van der Waals surface area contributed by atoms with Crippen LogP contribution in [0.4, 0.5) is 0 Å². The Balaban J connectivity index is 1.97. The van der Waals surface area contributed by atoms with Gasteiger partial charge in [0.25, 0.3) is 0 Å². The summed E-state index contributed by atoms with van der Waals surface area (Å²) in [5.41, 5.74) is 0.0861. The number of hydrogen-bond donors (Lipinski definition) is 1. The van der Waals surface area contributed by atoms with Crippen LogP contribution >= 0.6 is 0 Å². The molecule has 1 unspecified atom stereocenters. The summed E-state index contributed by atoms with van der Waals surface area (Å²) < 4.78 is 0. The Labute approximate surface area is 96.4 Å². The molecule has 0 radical (unpaired) electrons. The van der Waals surface area contributed by atoms with E-state index >= 15 is 0 Å². The number of nitrogens with zero attached hydrogens (tertiary/aromatic N) is 1. The molecule has 1 aliphatic heterocycles. The molecule has 2 amide bonds. The standard InChI is InChI=1S/C12H20N2O2/c1-3-7-14-10(15)8-9(11(14)16)13-12(2)5-4-6-12/h9,13H,3-8H2,1-2H3. The van der Waals surface area contributed by atoms with Gasteiger partial charge in [-0.3, -0.25) is 14.5 Å². The van der Waals surface area contributed by atoms with E-state index in [0.717, 1.165) is 19.3 Å². The number of imide groups is 1. The van der Waals surface area contributed by atoms with E-state index in [1.165, 1.54) is 11.3 Å². The molecule has 1 aliphatic carbocycles. The van der Waals surface area contributed by atoms with Gasteiger partial charge in [0.1, 0.15) is 0 Å². The highest BCUT2D eigenvalue weighted by molar-refractivity contribution is 6.05. The lowest BCUT2D eigenvalue weighted by Gasteiger charge is -2.41. The van der Waals surface area contributed by atoms with Crippen LogP contribution in [-0.2, 0) is 9.59 Å². The number of amides is 2. The summed E-state index contributed by atoms with van der Waals surface area (Å²) in [5.74, 6) is -0.0488. The van der Waals surface area contributed by atoms with E-state index in [2.05, 4.69) is 12.2 Å². The molecule has 16 heavy (non-hydrogen) atoms. The summed E-state index contributed by atoms with van der Waals surface area (Å²) in [6, 6.07) is -0.274. The van der Waals surface area contributed by atoms with E-state index in [1.807, 2.05) is 6.92 Å². The van der Waals surface area contributed by atoms with Crippen molar-refractivity contribution in [3.05, 3.63) is 0 Å². The van der Waals surface area contributed by atoms with Crippen molar-refractivity contribution in [2.45, 2.75) is 57.5 Å². The summed E-state index contributed by atoms with van der Waals surface area (Å²) in [6.45, 7) is 4.68. The minimum Gasteiger partial charge on any atom is -0.300 e. The molecule has 0 spiro atoms. The van der Waals surface area contributed by atoms with Crippen LogP contribution in [0.5, 0.6) is 0 Å². The van der Waals surface area contributed by atoms with E-state index in [9.17, 15) is 9.59 Å². The van der Waals surface area contributed by atoms with Gasteiger partial charge in [-0.25, -0.2) is 0 Å². The normalized spacial score (nSPS) is 28.4. The van der Waals surface area contributed by atoms with Crippen molar-refractivity contribution < 1.29 is 9.59 Å². The third kappa shape index (κ3) is 1.98. The van der Waals surface area contributed by atoms with Gasteiger partial charge >= 0.3 is 0 Å².